The van der Waals surface area contributed by atoms with Gasteiger partial charge in [0.15, 0.2) is 11.4 Å². The maximum atomic E-state index is 13.6. The molecule has 5 rings (SSSR count). The molecule has 1 N–H and O–H groups in total. The summed E-state index contributed by atoms with van der Waals surface area (Å²) in [5.74, 6) is 1.58. The van der Waals surface area contributed by atoms with Crippen molar-refractivity contribution in [3.05, 3.63) is 71.3 Å². The lowest BCUT2D eigenvalue weighted by atomic mass is 9.84. The molecule has 1 saturated heterocycles. The Morgan fingerprint density at radius 2 is 1.79 bits per heavy atom. The number of hydrogen-bond acceptors (Lipinski definition) is 8. The number of nitrogens with zero attached hydrogens (tertiary/aromatic N) is 5. The molecule has 38 heavy (non-hydrogen) atoms. The van der Waals surface area contributed by atoms with Gasteiger partial charge in [0, 0.05) is 30.3 Å². The van der Waals surface area contributed by atoms with Gasteiger partial charge in [-0.1, -0.05) is 39.0 Å². The molecule has 1 fully saturated rings. The van der Waals surface area contributed by atoms with Crippen molar-refractivity contribution in [1.29, 1.82) is 5.41 Å². The molecule has 0 unspecified atom stereocenters. The number of ketones is 1. The molecule has 1 aliphatic heterocycles. The third-order valence-corrected chi connectivity index (χ3v) is 6.47. The van der Waals surface area contributed by atoms with Crippen LogP contribution in [-0.4, -0.2) is 58.6 Å². The van der Waals surface area contributed by atoms with E-state index < -0.39 is 0 Å². The number of aromatic nitrogens is 4. The van der Waals surface area contributed by atoms with Crippen molar-refractivity contribution < 1.29 is 19.0 Å². The van der Waals surface area contributed by atoms with Crippen molar-refractivity contribution in [2.45, 2.75) is 32.7 Å². The Labute approximate surface area is 220 Å². The van der Waals surface area contributed by atoms with Gasteiger partial charge in [0.25, 0.3) is 0 Å². The first kappa shape index (κ1) is 25.5. The normalized spacial score (nSPS) is 14.1. The number of carbonyl (C=O) groups excluding carboxylic acids is 1. The predicted octanol–water partition coefficient (Wildman–Crippen LogP) is 3.83. The fourth-order valence-corrected chi connectivity index (χ4v) is 4.50. The number of Topliss-reactive ketones (excluding diaryl/α,β-unsaturated/α-hetero) is 1. The average molecular weight is 517 g/mol. The molecule has 0 atom stereocenters. The number of para-hydroxylation sites is 1. The van der Waals surface area contributed by atoms with E-state index in [4.69, 9.17) is 19.6 Å². The summed E-state index contributed by atoms with van der Waals surface area (Å²) in [5.41, 5.74) is 2.54. The lowest BCUT2D eigenvalue weighted by molar-refractivity contribution is 0.0965. The van der Waals surface area contributed by atoms with E-state index in [0.29, 0.717) is 49.1 Å². The minimum absolute atomic E-state index is 0.0233. The second kappa shape index (κ2) is 10.3. The Balaban J connectivity index is 1.47. The standard InChI is InChI=1S/C28H32N6O4/c1-28(2,3)21-16-19(17-22(26(21)36-4)32-12-14-37-15-13-32)23(35)18-33-27(29)34-24(30-33)10-11-25(31-34)38-20-8-6-5-7-9-20/h5-11,16-17,29H,12-15,18H2,1-4H3. The Bertz CT molecular complexity index is 1510. The molecule has 198 valence electrons. The van der Waals surface area contributed by atoms with Gasteiger partial charge in [-0.2, -0.15) is 4.52 Å². The first-order valence-corrected chi connectivity index (χ1v) is 12.6. The van der Waals surface area contributed by atoms with Gasteiger partial charge in [-0.3, -0.25) is 10.2 Å². The van der Waals surface area contributed by atoms with Gasteiger partial charge in [-0.25, -0.2) is 4.68 Å². The maximum Gasteiger partial charge on any atom is 0.242 e. The minimum Gasteiger partial charge on any atom is -0.494 e. The van der Waals surface area contributed by atoms with Gasteiger partial charge in [-0.05, 0) is 35.7 Å². The molecule has 0 bridgehead atoms. The van der Waals surface area contributed by atoms with Crippen LogP contribution in [0.2, 0.25) is 0 Å². The van der Waals surface area contributed by atoms with Crippen LogP contribution in [0, 0.1) is 5.41 Å². The van der Waals surface area contributed by atoms with E-state index in [2.05, 4.69) is 35.9 Å². The highest BCUT2D eigenvalue weighted by molar-refractivity contribution is 5.97. The van der Waals surface area contributed by atoms with E-state index in [-0.39, 0.29) is 23.4 Å². The Kier molecular flexibility index (Phi) is 6.90. The molecule has 0 aliphatic carbocycles. The fraction of sp³-hybridized carbons (Fsp3) is 0.357. The van der Waals surface area contributed by atoms with Crippen LogP contribution in [0.1, 0.15) is 36.7 Å². The highest BCUT2D eigenvalue weighted by atomic mass is 16.5. The second-order valence-corrected chi connectivity index (χ2v) is 10.2. The topological polar surface area (TPSA) is 107 Å². The Morgan fingerprint density at radius 1 is 1.05 bits per heavy atom. The second-order valence-electron chi connectivity index (χ2n) is 10.2. The minimum atomic E-state index is -0.251. The van der Waals surface area contributed by atoms with Crippen LogP contribution in [0.4, 0.5) is 5.69 Å². The largest absolute Gasteiger partial charge is 0.494 e. The van der Waals surface area contributed by atoms with Crippen LogP contribution in [0.15, 0.2) is 54.6 Å². The molecule has 2 aromatic heterocycles. The van der Waals surface area contributed by atoms with Gasteiger partial charge in [0.2, 0.25) is 11.5 Å². The Morgan fingerprint density at radius 3 is 2.47 bits per heavy atom. The van der Waals surface area contributed by atoms with Crippen LogP contribution in [0.3, 0.4) is 0 Å². The fourth-order valence-electron chi connectivity index (χ4n) is 4.50. The molecule has 0 spiro atoms. The van der Waals surface area contributed by atoms with E-state index in [1.165, 1.54) is 9.20 Å². The van der Waals surface area contributed by atoms with Gasteiger partial charge in [0.1, 0.15) is 18.0 Å². The molecule has 4 aromatic rings. The summed E-state index contributed by atoms with van der Waals surface area (Å²) in [4.78, 5) is 15.8. The molecule has 0 saturated carbocycles. The molecule has 2 aromatic carbocycles. The van der Waals surface area contributed by atoms with Crippen LogP contribution < -0.4 is 20.0 Å². The lowest BCUT2D eigenvalue weighted by Gasteiger charge is -2.33. The summed E-state index contributed by atoms with van der Waals surface area (Å²) >= 11 is 0. The number of hydrogen-bond donors (Lipinski definition) is 1. The number of fused-ring (bicyclic) bond motifs is 1. The van der Waals surface area contributed by atoms with E-state index in [1.807, 2.05) is 42.5 Å². The lowest BCUT2D eigenvalue weighted by Crippen LogP contribution is -2.37. The van der Waals surface area contributed by atoms with Gasteiger partial charge in [0.05, 0.1) is 26.0 Å². The van der Waals surface area contributed by atoms with Crippen LogP contribution >= 0.6 is 0 Å². The number of benzene rings is 2. The van der Waals surface area contributed by atoms with Crippen molar-refractivity contribution in [3.63, 3.8) is 0 Å². The third-order valence-electron chi connectivity index (χ3n) is 6.47. The number of carbonyl (C=O) groups is 1. The number of nitrogens with one attached hydrogen (secondary N) is 1. The van der Waals surface area contributed by atoms with Crippen LogP contribution in [0.5, 0.6) is 17.4 Å². The average Bonchev–Trinajstić information content (AvgIpc) is 3.22. The van der Waals surface area contributed by atoms with Gasteiger partial charge < -0.3 is 19.1 Å². The van der Waals surface area contributed by atoms with Gasteiger partial charge >= 0.3 is 0 Å². The summed E-state index contributed by atoms with van der Waals surface area (Å²) in [6.45, 7) is 8.87. The highest BCUT2D eigenvalue weighted by Gasteiger charge is 2.27. The zero-order valence-electron chi connectivity index (χ0n) is 22.1. The van der Waals surface area contributed by atoms with E-state index in [9.17, 15) is 4.79 Å². The molecule has 3 heterocycles. The smallest absolute Gasteiger partial charge is 0.242 e. The molecular weight excluding hydrogens is 484 g/mol. The SMILES string of the molecule is COc1c(N2CCOCC2)cc(C(=O)Cn2nc3ccc(Oc4ccccc4)nn3c2=N)cc1C(C)(C)C. The number of morpholine rings is 1. The highest BCUT2D eigenvalue weighted by Crippen LogP contribution is 2.40. The van der Waals surface area contributed by atoms with E-state index in [1.54, 1.807) is 19.2 Å². The first-order chi connectivity index (χ1) is 18.2. The zero-order valence-corrected chi connectivity index (χ0v) is 22.1. The van der Waals surface area contributed by atoms with Crippen molar-refractivity contribution in [1.82, 2.24) is 19.4 Å². The monoisotopic (exact) mass is 516 g/mol. The number of anilines is 1. The number of rotatable bonds is 7. The van der Waals surface area contributed by atoms with Crippen molar-refractivity contribution in [3.8, 4) is 17.4 Å². The Hall–Kier alpha value is -4.18. The van der Waals surface area contributed by atoms with Crippen LogP contribution in [-0.2, 0) is 16.7 Å². The van der Waals surface area contributed by atoms with Gasteiger partial charge in [-0.15, -0.1) is 10.2 Å². The van der Waals surface area contributed by atoms with Crippen molar-refractivity contribution in [2.24, 2.45) is 0 Å². The number of ether oxygens (including phenoxy) is 3. The van der Waals surface area contributed by atoms with E-state index >= 15 is 0 Å². The predicted molar refractivity (Wildman–Crippen MR) is 142 cm³/mol. The maximum absolute atomic E-state index is 13.6. The molecule has 0 amide bonds. The van der Waals surface area contributed by atoms with Crippen LogP contribution in [0.25, 0.3) is 5.65 Å². The van der Waals surface area contributed by atoms with Crippen molar-refractivity contribution in [2.75, 3.05) is 38.3 Å². The summed E-state index contributed by atoms with van der Waals surface area (Å²) < 4.78 is 19.9. The molecule has 1 aliphatic rings. The zero-order chi connectivity index (χ0) is 26.9. The molecular formula is C28H32N6O4. The summed E-state index contributed by atoms with van der Waals surface area (Å²) in [7, 11) is 1.66. The summed E-state index contributed by atoms with van der Waals surface area (Å²) in [6.07, 6.45) is 0. The number of methoxy groups -OCH3 is 1. The third kappa shape index (κ3) is 5.12. The molecule has 10 heteroatoms. The van der Waals surface area contributed by atoms with E-state index in [0.717, 1.165) is 17.0 Å². The quantitative estimate of drug-likeness (QED) is 0.372. The summed E-state index contributed by atoms with van der Waals surface area (Å²) in [6, 6.07) is 16.5. The molecule has 0 radical (unpaired) electrons. The summed E-state index contributed by atoms with van der Waals surface area (Å²) in [5, 5.41) is 17.4. The van der Waals surface area contributed by atoms with Crippen molar-refractivity contribution >= 4 is 17.1 Å². The first-order valence-electron chi connectivity index (χ1n) is 12.6. The molecule has 10 nitrogen and oxygen atoms in total.